The van der Waals surface area contributed by atoms with Crippen molar-refractivity contribution in [2.45, 2.75) is 39.2 Å². The van der Waals surface area contributed by atoms with Crippen molar-refractivity contribution in [1.29, 1.82) is 0 Å². The summed E-state index contributed by atoms with van der Waals surface area (Å²) in [4.78, 5) is 10.2. The van der Waals surface area contributed by atoms with Gasteiger partial charge in [-0.05, 0) is 32.4 Å². The average molecular weight is 350 g/mol. The normalized spacial score (nSPS) is 14.4. The SMILES string of the molecule is CCNC(=NCC(C)(O)c1ccco1)NCCc1ncc(CC)s1. The molecular weight excluding hydrogens is 324 g/mol. The first-order valence-corrected chi connectivity index (χ1v) is 9.09. The molecule has 0 fully saturated rings. The maximum absolute atomic E-state index is 10.5. The number of hydrogen-bond acceptors (Lipinski definition) is 5. The molecule has 0 saturated heterocycles. The summed E-state index contributed by atoms with van der Waals surface area (Å²) in [7, 11) is 0. The number of aliphatic hydroxyl groups is 1. The molecule has 0 aliphatic rings. The fourth-order valence-electron chi connectivity index (χ4n) is 2.15. The maximum Gasteiger partial charge on any atom is 0.191 e. The summed E-state index contributed by atoms with van der Waals surface area (Å²) in [5, 5.41) is 18.0. The lowest BCUT2D eigenvalue weighted by molar-refractivity contribution is 0.0437. The van der Waals surface area contributed by atoms with E-state index >= 15 is 0 Å². The van der Waals surface area contributed by atoms with Crippen LogP contribution < -0.4 is 10.6 Å². The molecule has 0 bridgehead atoms. The van der Waals surface area contributed by atoms with Crippen LogP contribution in [0.25, 0.3) is 0 Å². The van der Waals surface area contributed by atoms with Gasteiger partial charge in [0, 0.05) is 30.6 Å². The number of aromatic nitrogens is 1. The van der Waals surface area contributed by atoms with Gasteiger partial charge in [0.05, 0.1) is 17.8 Å². The van der Waals surface area contributed by atoms with E-state index in [4.69, 9.17) is 4.42 Å². The Morgan fingerprint density at radius 1 is 1.42 bits per heavy atom. The van der Waals surface area contributed by atoms with E-state index in [9.17, 15) is 5.11 Å². The smallest absolute Gasteiger partial charge is 0.191 e. The molecule has 1 atom stereocenters. The van der Waals surface area contributed by atoms with Crippen LogP contribution in [0.4, 0.5) is 0 Å². The second-order valence-corrected chi connectivity index (χ2v) is 6.90. The fraction of sp³-hybridized carbons (Fsp3) is 0.529. The lowest BCUT2D eigenvalue weighted by atomic mass is 10.0. The Labute approximate surface area is 147 Å². The Hall–Kier alpha value is -1.86. The molecule has 0 radical (unpaired) electrons. The van der Waals surface area contributed by atoms with Crippen molar-refractivity contribution in [3.63, 3.8) is 0 Å². The van der Waals surface area contributed by atoms with Crippen molar-refractivity contribution >= 4 is 17.3 Å². The average Bonchev–Trinajstić information content (AvgIpc) is 3.24. The minimum Gasteiger partial charge on any atom is -0.466 e. The minimum absolute atomic E-state index is 0.215. The van der Waals surface area contributed by atoms with Crippen LogP contribution in [0.2, 0.25) is 0 Å². The lowest BCUT2D eigenvalue weighted by Gasteiger charge is -2.19. The van der Waals surface area contributed by atoms with Crippen LogP contribution in [0.3, 0.4) is 0 Å². The zero-order valence-electron chi connectivity index (χ0n) is 14.5. The van der Waals surface area contributed by atoms with E-state index in [1.165, 1.54) is 4.88 Å². The lowest BCUT2D eigenvalue weighted by Crippen LogP contribution is -2.39. The van der Waals surface area contributed by atoms with E-state index < -0.39 is 5.60 Å². The molecule has 3 N–H and O–H groups in total. The molecule has 6 nitrogen and oxygen atoms in total. The van der Waals surface area contributed by atoms with E-state index in [0.29, 0.717) is 11.7 Å². The molecule has 0 aliphatic heterocycles. The standard InChI is InChI=1S/C17H26N4O2S/c1-4-13-11-20-15(24-13)8-9-19-16(18-5-2)21-12-17(3,22)14-7-6-10-23-14/h6-7,10-11,22H,4-5,8-9,12H2,1-3H3,(H2,18,19,21). The van der Waals surface area contributed by atoms with E-state index in [2.05, 4.69) is 27.5 Å². The maximum atomic E-state index is 10.5. The highest BCUT2D eigenvalue weighted by atomic mass is 32.1. The zero-order chi connectivity index (χ0) is 17.4. The quantitative estimate of drug-likeness (QED) is 0.503. The van der Waals surface area contributed by atoms with Gasteiger partial charge in [-0.1, -0.05) is 6.92 Å². The molecule has 0 aliphatic carbocycles. The van der Waals surface area contributed by atoms with Crippen LogP contribution in [0.15, 0.2) is 34.0 Å². The number of guanidine groups is 1. The first-order chi connectivity index (χ1) is 11.5. The summed E-state index contributed by atoms with van der Waals surface area (Å²) in [5.74, 6) is 1.19. The topological polar surface area (TPSA) is 82.7 Å². The van der Waals surface area contributed by atoms with Crippen molar-refractivity contribution in [1.82, 2.24) is 15.6 Å². The number of rotatable bonds is 8. The Kier molecular flexibility index (Phi) is 6.81. The molecule has 2 heterocycles. The van der Waals surface area contributed by atoms with Crippen LogP contribution in [-0.2, 0) is 18.4 Å². The monoisotopic (exact) mass is 350 g/mol. The first-order valence-electron chi connectivity index (χ1n) is 8.27. The molecule has 0 amide bonds. The molecule has 0 aromatic carbocycles. The van der Waals surface area contributed by atoms with Crippen LogP contribution >= 0.6 is 11.3 Å². The molecule has 2 aromatic rings. The summed E-state index contributed by atoms with van der Waals surface area (Å²) < 4.78 is 5.28. The number of thiazole rings is 1. The first kappa shape index (κ1) is 18.5. The minimum atomic E-state index is -1.13. The van der Waals surface area contributed by atoms with Crippen molar-refractivity contribution < 1.29 is 9.52 Å². The number of hydrogen-bond donors (Lipinski definition) is 3. The third kappa shape index (κ3) is 5.35. The molecular formula is C17H26N4O2S. The third-order valence-electron chi connectivity index (χ3n) is 3.52. The highest BCUT2D eigenvalue weighted by Crippen LogP contribution is 2.21. The molecule has 2 rings (SSSR count). The Bertz CT molecular complexity index is 635. The number of furan rings is 1. The third-order valence-corrected chi connectivity index (χ3v) is 4.72. The van der Waals surface area contributed by atoms with Crippen molar-refractivity contribution in [2.24, 2.45) is 4.99 Å². The number of nitrogens with zero attached hydrogens (tertiary/aromatic N) is 2. The van der Waals surface area contributed by atoms with Gasteiger partial charge < -0.3 is 20.2 Å². The molecule has 2 aromatic heterocycles. The van der Waals surface area contributed by atoms with E-state index in [-0.39, 0.29) is 6.54 Å². The van der Waals surface area contributed by atoms with Gasteiger partial charge in [0.25, 0.3) is 0 Å². The highest BCUT2D eigenvalue weighted by molar-refractivity contribution is 7.11. The van der Waals surface area contributed by atoms with Crippen LogP contribution in [0.1, 0.15) is 36.4 Å². The second-order valence-electron chi connectivity index (χ2n) is 5.70. The predicted octanol–water partition coefficient (Wildman–Crippen LogP) is 2.30. The predicted molar refractivity (Wildman–Crippen MR) is 97.5 cm³/mol. The van der Waals surface area contributed by atoms with Gasteiger partial charge in [0.2, 0.25) is 0 Å². The van der Waals surface area contributed by atoms with E-state index in [0.717, 1.165) is 30.9 Å². The molecule has 24 heavy (non-hydrogen) atoms. The summed E-state index contributed by atoms with van der Waals surface area (Å²) in [6.07, 6.45) is 5.37. The van der Waals surface area contributed by atoms with Crippen LogP contribution in [0.5, 0.6) is 0 Å². The molecule has 132 valence electrons. The second kappa shape index (κ2) is 8.84. The summed E-state index contributed by atoms with van der Waals surface area (Å²) in [5.41, 5.74) is -1.13. The summed E-state index contributed by atoms with van der Waals surface area (Å²) in [6, 6.07) is 3.51. The van der Waals surface area contributed by atoms with E-state index in [1.807, 2.05) is 13.1 Å². The van der Waals surface area contributed by atoms with Crippen molar-refractivity contribution in [2.75, 3.05) is 19.6 Å². The largest absolute Gasteiger partial charge is 0.466 e. The Balaban J connectivity index is 1.88. The van der Waals surface area contributed by atoms with Crippen LogP contribution in [-0.4, -0.2) is 35.7 Å². The van der Waals surface area contributed by atoms with Gasteiger partial charge in [-0.15, -0.1) is 11.3 Å². The van der Waals surface area contributed by atoms with Gasteiger partial charge in [-0.25, -0.2) is 9.98 Å². The highest BCUT2D eigenvalue weighted by Gasteiger charge is 2.26. The number of nitrogens with one attached hydrogen (secondary N) is 2. The van der Waals surface area contributed by atoms with Gasteiger partial charge >= 0.3 is 0 Å². The Morgan fingerprint density at radius 2 is 2.25 bits per heavy atom. The summed E-state index contributed by atoms with van der Waals surface area (Å²) in [6.45, 7) is 7.55. The molecule has 0 saturated carbocycles. The molecule has 0 spiro atoms. The summed E-state index contributed by atoms with van der Waals surface area (Å²) >= 11 is 1.75. The van der Waals surface area contributed by atoms with Crippen LogP contribution in [0, 0.1) is 0 Å². The molecule has 1 unspecified atom stereocenters. The van der Waals surface area contributed by atoms with Gasteiger partial charge in [0.1, 0.15) is 11.4 Å². The van der Waals surface area contributed by atoms with Crippen molar-refractivity contribution in [3.05, 3.63) is 40.2 Å². The van der Waals surface area contributed by atoms with Gasteiger partial charge in [-0.2, -0.15) is 0 Å². The Morgan fingerprint density at radius 3 is 2.88 bits per heavy atom. The fourth-order valence-corrected chi connectivity index (χ4v) is 3.01. The van der Waals surface area contributed by atoms with E-state index in [1.54, 1.807) is 36.7 Å². The zero-order valence-corrected chi connectivity index (χ0v) is 15.3. The van der Waals surface area contributed by atoms with Gasteiger partial charge in [0.15, 0.2) is 5.96 Å². The van der Waals surface area contributed by atoms with Crippen molar-refractivity contribution in [3.8, 4) is 0 Å². The number of aliphatic imine (C=N–C) groups is 1. The number of aryl methyl sites for hydroxylation is 1. The molecule has 7 heteroatoms. The van der Waals surface area contributed by atoms with Gasteiger partial charge in [-0.3, -0.25) is 0 Å².